The number of nitrogens with zero attached hydrogens (tertiary/aromatic N) is 3. The molecule has 0 fully saturated rings. The van der Waals surface area contributed by atoms with Gasteiger partial charge in [0.25, 0.3) is 0 Å². The molecule has 0 aliphatic carbocycles. The van der Waals surface area contributed by atoms with E-state index in [0.29, 0.717) is 5.82 Å². The van der Waals surface area contributed by atoms with Crippen LogP contribution in [0.4, 0.5) is 19.0 Å². The molecule has 0 aliphatic rings. The second kappa shape index (κ2) is 4.65. The third-order valence-electron chi connectivity index (χ3n) is 1.71. The highest BCUT2D eigenvalue weighted by molar-refractivity contribution is 6.29. The van der Waals surface area contributed by atoms with Gasteiger partial charge in [0.05, 0.1) is 18.8 Å². The molecule has 0 saturated heterocycles. The Balaban J connectivity index is 2.58. The lowest BCUT2D eigenvalue weighted by atomic mass is 10.4. The van der Waals surface area contributed by atoms with Crippen molar-refractivity contribution < 1.29 is 13.2 Å². The molecule has 84 valence electrons. The molecule has 0 saturated carbocycles. The molecule has 3 nitrogen and oxygen atoms in total. The van der Waals surface area contributed by atoms with Crippen LogP contribution in [0.5, 0.6) is 0 Å². The van der Waals surface area contributed by atoms with Gasteiger partial charge in [0.1, 0.15) is 11.0 Å². The Labute approximate surface area is 89.9 Å². The van der Waals surface area contributed by atoms with Gasteiger partial charge in [-0.3, -0.25) is 4.98 Å². The molecule has 7 heteroatoms. The lowest BCUT2D eigenvalue weighted by Crippen LogP contribution is -2.24. The molecule has 0 N–H and O–H groups in total. The number of aromatic nitrogens is 2. The zero-order valence-corrected chi connectivity index (χ0v) is 8.68. The van der Waals surface area contributed by atoms with Crippen LogP contribution in [-0.2, 0) is 0 Å². The Bertz CT molecular complexity index is 329. The van der Waals surface area contributed by atoms with E-state index in [9.17, 15) is 13.2 Å². The minimum absolute atomic E-state index is 0.159. The highest BCUT2D eigenvalue weighted by Crippen LogP contribution is 2.21. The van der Waals surface area contributed by atoms with Gasteiger partial charge in [-0.05, 0) is 0 Å². The standard InChI is InChI=1S/C8H9ClF3N3/c1-15(3-2-8(10,11)12)7-5-13-4-6(9)14-7/h4-5H,2-3H2,1H3. The Morgan fingerprint density at radius 3 is 2.60 bits per heavy atom. The third-order valence-corrected chi connectivity index (χ3v) is 1.90. The maximum absolute atomic E-state index is 11.9. The van der Waals surface area contributed by atoms with Crippen molar-refractivity contribution in [1.29, 1.82) is 0 Å². The number of rotatable bonds is 3. The summed E-state index contributed by atoms with van der Waals surface area (Å²) < 4.78 is 35.8. The van der Waals surface area contributed by atoms with Gasteiger partial charge in [-0.25, -0.2) is 4.98 Å². The quantitative estimate of drug-likeness (QED) is 0.812. The molecule has 0 aromatic carbocycles. The maximum Gasteiger partial charge on any atom is 0.390 e. The van der Waals surface area contributed by atoms with Crippen LogP contribution in [0.1, 0.15) is 6.42 Å². The Hall–Kier alpha value is -1.04. The average molecular weight is 240 g/mol. The van der Waals surface area contributed by atoms with E-state index in [0.717, 1.165) is 0 Å². The van der Waals surface area contributed by atoms with Crippen molar-refractivity contribution in [3.05, 3.63) is 17.5 Å². The first-order chi connectivity index (χ1) is 6.88. The van der Waals surface area contributed by atoms with Crippen molar-refractivity contribution in [1.82, 2.24) is 9.97 Å². The number of halogens is 4. The van der Waals surface area contributed by atoms with E-state index >= 15 is 0 Å². The lowest BCUT2D eigenvalue weighted by molar-refractivity contribution is -0.132. The van der Waals surface area contributed by atoms with Gasteiger partial charge in [-0.2, -0.15) is 13.2 Å². The fourth-order valence-electron chi connectivity index (χ4n) is 0.926. The van der Waals surface area contributed by atoms with Crippen LogP contribution in [0.2, 0.25) is 5.15 Å². The van der Waals surface area contributed by atoms with Crippen LogP contribution in [0.25, 0.3) is 0 Å². The van der Waals surface area contributed by atoms with Crippen LogP contribution in [-0.4, -0.2) is 29.7 Å². The molecule has 0 atom stereocenters. The van der Waals surface area contributed by atoms with Crippen molar-refractivity contribution in [2.75, 3.05) is 18.5 Å². The largest absolute Gasteiger partial charge is 0.390 e. The highest BCUT2D eigenvalue weighted by Gasteiger charge is 2.27. The molecule has 0 spiro atoms. The van der Waals surface area contributed by atoms with Crippen molar-refractivity contribution in [3.63, 3.8) is 0 Å². The lowest BCUT2D eigenvalue weighted by Gasteiger charge is -2.18. The van der Waals surface area contributed by atoms with Crippen molar-refractivity contribution in [3.8, 4) is 0 Å². The van der Waals surface area contributed by atoms with Crippen LogP contribution in [0.15, 0.2) is 12.4 Å². The maximum atomic E-state index is 11.9. The van der Waals surface area contributed by atoms with E-state index in [-0.39, 0.29) is 11.7 Å². The molecular formula is C8H9ClF3N3. The molecule has 1 heterocycles. The van der Waals surface area contributed by atoms with Crippen LogP contribution in [0, 0.1) is 0 Å². The van der Waals surface area contributed by atoms with E-state index < -0.39 is 12.6 Å². The molecule has 0 aliphatic heterocycles. The summed E-state index contributed by atoms with van der Waals surface area (Å²) in [5.41, 5.74) is 0. The van der Waals surface area contributed by atoms with Crippen LogP contribution >= 0.6 is 11.6 Å². The zero-order valence-electron chi connectivity index (χ0n) is 7.92. The van der Waals surface area contributed by atoms with E-state index in [1.807, 2.05) is 0 Å². The van der Waals surface area contributed by atoms with Crippen molar-refractivity contribution in [2.45, 2.75) is 12.6 Å². The molecule has 1 rings (SSSR count). The molecule has 1 aromatic rings. The van der Waals surface area contributed by atoms with E-state index in [4.69, 9.17) is 11.6 Å². The second-order valence-electron chi connectivity index (χ2n) is 2.99. The molecule has 0 bridgehead atoms. The summed E-state index contributed by atoms with van der Waals surface area (Å²) in [5.74, 6) is 0.326. The summed E-state index contributed by atoms with van der Waals surface area (Å²) in [4.78, 5) is 8.92. The topological polar surface area (TPSA) is 29.0 Å². The summed E-state index contributed by atoms with van der Waals surface area (Å²) >= 11 is 5.56. The first-order valence-electron chi connectivity index (χ1n) is 4.14. The van der Waals surface area contributed by atoms with E-state index in [1.54, 1.807) is 0 Å². The molecule has 0 unspecified atom stereocenters. The Kier molecular flexibility index (Phi) is 3.73. The smallest absolute Gasteiger partial charge is 0.358 e. The summed E-state index contributed by atoms with van der Waals surface area (Å²) in [6, 6.07) is 0. The monoisotopic (exact) mass is 239 g/mol. The van der Waals surface area contributed by atoms with Crippen molar-refractivity contribution in [2.24, 2.45) is 0 Å². The number of anilines is 1. The third kappa shape index (κ3) is 4.33. The summed E-state index contributed by atoms with van der Waals surface area (Å²) in [6.07, 6.45) is -2.37. The fraction of sp³-hybridized carbons (Fsp3) is 0.500. The summed E-state index contributed by atoms with van der Waals surface area (Å²) in [6.45, 7) is -0.168. The van der Waals surface area contributed by atoms with E-state index in [2.05, 4.69) is 9.97 Å². The minimum Gasteiger partial charge on any atom is -0.358 e. The fourth-order valence-corrected chi connectivity index (χ4v) is 1.07. The van der Waals surface area contributed by atoms with Gasteiger partial charge < -0.3 is 4.90 Å². The first-order valence-corrected chi connectivity index (χ1v) is 4.52. The van der Waals surface area contributed by atoms with Crippen molar-refractivity contribution >= 4 is 17.4 Å². The molecule has 0 radical (unpaired) electrons. The van der Waals surface area contributed by atoms with Gasteiger partial charge in [-0.15, -0.1) is 0 Å². The number of hydrogen-bond acceptors (Lipinski definition) is 3. The normalized spacial score (nSPS) is 11.5. The van der Waals surface area contributed by atoms with Gasteiger partial charge in [-0.1, -0.05) is 11.6 Å². The Morgan fingerprint density at radius 2 is 2.07 bits per heavy atom. The van der Waals surface area contributed by atoms with E-state index in [1.165, 1.54) is 24.3 Å². The minimum atomic E-state index is -4.17. The predicted octanol–water partition coefficient (Wildman–Crippen LogP) is 2.52. The second-order valence-corrected chi connectivity index (χ2v) is 3.37. The SMILES string of the molecule is CN(CCC(F)(F)F)c1cncc(Cl)n1. The predicted molar refractivity (Wildman–Crippen MR) is 51.0 cm³/mol. The van der Waals surface area contributed by atoms with Gasteiger partial charge in [0, 0.05) is 13.6 Å². The molecule has 0 amide bonds. The van der Waals surface area contributed by atoms with Gasteiger partial charge in [0.15, 0.2) is 0 Å². The average Bonchev–Trinajstić information content (AvgIpc) is 2.13. The number of alkyl halides is 3. The number of hydrogen-bond donors (Lipinski definition) is 0. The molecular weight excluding hydrogens is 231 g/mol. The zero-order chi connectivity index (χ0) is 11.5. The van der Waals surface area contributed by atoms with Crippen LogP contribution in [0.3, 0.4) is 0 Å². The Morgan fingerprint density at radius 1 is 1.40 bits per heavy atom. The van der Waals surface area contributed by atoms with Crippen LogP contribution < -0.4 is 4.90 Å². The van der Waals surface area contributed by atoms with Gasteiger partial charge in [0.2, 0.25) is 0 Å². The molecule has 15 heavy (non-hydrogen) atoms. The first kappa shape index (κ1) is 12.0. The summed E-state index contributed by atoms with van der Waals surface area (Å²) in [5, 5.41) is 0.159. The summed E-state index contributed by atoms with van der Waals surface area (Å²) in [7, 11) is 1.51. The van der Waals surface area contributed by atoms with Gasteiger partial charge >= 0.3 is 6.18 Å². The highest BCUT2D eigenvalue weighted by atomic mass is 35.5. The molecule has 1 aromatic heterocycles.